The van der Waals surface area contributed by atoms with Crippen LogP contribution in [0.5, 0.6) is 0 Å². The first-order chi connectivity index (χ1) is 21.7. The van der Waals surface area contributed by atoms with Crippen LogP contribution in [0.3, 0.4) is 0 Å². The number of fused-ring (bicyclic) bond motifs is 2. The maximum Gasteiger partial charge on any atom is 0.316 e. The quantitative estimate of drug-likeness (QED) is 0.119. The molecule has 12 nitrogen and oxygen atoms in total. The predicted molar refractivity (Wildman–Crippen MR) is 164 cm³/mol. The van der Waals surface area contributed by atoms with Gasteiger partial charge in [0.05, 0.1) is 12.7 Å². The van der Waals surface area contributed by atoms with E-state index in [-0.39, 0.29) is 35.6 Å². The molecule has 2 aliphatic rings. The lowest BCUT2D eigenvalue weighted by atomic mass is 9.83. The summed E-state index contributed by atoms with van der Waals surface area (Å²) in [6.07, 6.45) is 4.39. The van der Waals surface area contributed by atoms with Crippen molar-refractivity contribution in [2.75, 3.05) is 26.3 Å². The van der Waals surface area contributed by atoms with Gasteiger partial charge in [-0.3, -0.25) is 23.7 Å². The molecule has 4 atom stereocenters. The van der Waals surface area contributed by atoms with Gasteiger partial charge < -0.3 is 34.6 Å². The highest BCUT2D eigenvalue weighted by Gasteiger charge is 2.35. The smallest absolute Gasteiger partial charge is 0.316 e. The molecule has 1 aliphatic heterocycles. The zero-order valence-corrected chi connectivity index (χ0v) is 26.1. The van der Waals surface area contributed by atoms with Gasteiger partial charge in [0.2, 0.25) is 5.91 Å². The highest BCUT2D eigenvalue weighted by Crippen LogP contribution is 2.28. The minimum atomic E-state index is -3.06. The molecule has 4 N–H and O–H groups in total. The van der Waals surface area contributed by atoms with Crippen LogP contribution in [0.15, 0.2) is 42.5 Å². The molecule has 0 radical (unpaired) electrons. The molecular weight excluding hydrogens is 603 g/mol. The van der Waals surface area contributed by atoms with E-state index in [9.17, 15) is 28.8 Å². The second-order valence-electron chi connectivity index (χ2n) is 11.1. The summed E-state index contributed by atoms with van der Waals surface area (Å²) in [6, 6.07) is 11.3. The van der Waals surface area contributed by atoms with Gasteiger partial charge in [0.15, 0.2) is 17.9 Å². The summed E-state index contributed by atoms with van der Waals surface area (Å²) in [5.41, 5.74) is 1.59. The van der Waals surface area contributed by atoms with Crippen molar-refractivity contribution in [2.45, 2.75) is 76.3 Å². The molecule has 1 heterocycles. The normalized spacial score (nSPS) is 19.6. The number of carbonyl (C=O) groups is 4. The molecule has 244 valence electrons. The predicted octanol–water partition coefficient (Wildman–Crippen LogP) is 3.32. The first-order valence-corrected chi connectivity index (χ1v) is 16.7. The molecule has 2 aromatic rings. The molecule has 0 saturated carbocycles. The number of aliphatic hydroxyl groups excluding tert-OH is 1. The summed E-state index contributed by atoms with van der Waals surface area (Å²) in [6.45, 7) is 1.36. The standard InChI is InChI=1S/C32H41N2O10P/c35-26-19-29(44-27(26)20-43-45(40)41)42-17-9-2-1-7-15-33-28(36)12-4-3-8-16-34-32(39)21-13-14-24-25(18-21)31(38)23-11-6-5-10-22(23)30(24)37/h5-6,10-11,13-14,18,26-27,29,35,45H,1-4,7-9,12,15-17,19-20H2,(H,33,36)(H,34,39)(H,40,41). The van der Waals surface area contributed by atoms with Crippen LogP contribution in [0.25, 0.3) is 0 Å². The van der Waals surface area contributed by atoms with Gasteiger partial charge in [0.25, 0.3) is 5.91 Å². The Balaban J connectivity index is 0.995. The lowest BCUT2D eigenvalue weighted by molar-refractivity contribution is -0.142. The monoisotopic (exact) mass is 644 g/mol. The first-order valence-electron chi connectivity index (χ1n) is 15.4. The number of benzene rings is 2. The van der Waals surface area contributed by atoms with Crippen molar-refractivity contribution in [3.8, 4) is 0 Å². The van der Waals surface area contributed by atoms with Gasteiger partial charge in [-0.15, -0.1) is 0 Å². The number of amides is 2. The Labute approximate surface area is 262 Å². The fourth-order valence-electron chi connectivity index (χ4n) is 5.34. The first kappa shape index (κ1) is 34.6. The van der Waals surface area contributed by atoms with Crippen molar-refractivity contribution in [2.24, 2.45) is 0 Å². The second-order valence-corrected chi connectivity index (χ2v) is 12.0. The van der Waals surface area contributed by atoms with E-state index in [1.54, 1.807) is 30.3 Å². The molecule has 0 spiro atoms. The van der Waals surface area contributed by atoms with Gasteiger partial charge in [-0.25, -0.2) is 0 Å². The minimum Gasteiger partial charge on any atom is -0.390 e. The zero-order valence-electron chi connectivity index (χ0n) is 25.1. The molecule has 1 aliphatic carbocycles. The van der Waals surface area contributed by atoms with Crippen LogP contribution in [-0.2, 0) is 23.4 Å². The third-order valence-electron chi connectivity index (χ3n) is 7.81. The summed E-state index contributed by atoms with van der Waals surface area (Å²) >= 11 is 0. The Hall–Kier alpha value is -3.25. The van der Waals surface area contributed by atoms with Crippen LogP contribution < -0.4 is 10.6 Å². The van der Waals surface area contributed by atoms with E-state index in [0.29, 0.717) is 67.6 Å². The largest absolute Gasteiger partial charge is 0.390 e. The molecule has 0 bridgehead atoms. The van der Waals surface area contributed by atoms with Gasteiger partial charge in [-0.05, 0) is 43.9 Å². The lowest BCUT2D eigenvalue weighted by Gasteiger charge is -2.18. The van der Waals surface area contributed by atoms with Crippen LogP contribution in [0.1, 0.15) is 100.0 Å². The average Bonchev–Trinajstić information content (AvgIpc) is 3.40. The topological polar surface area (TPSA) is 178 Å². The molecule has 45 heavy (non-hydrogen) atoms. The number of ketones is 2. The maximum atomic E-state index is 12.9. The fourth-order valence-corrected chi connectivity index (χ4v) is 5.65. The van der Waals surface area contributed by atoms with Crippen molar-refractivity contribution in [3.63, 3.8) is 0 Å². The van der Waals surface area contributed by atoms with E-state index < -0.39 is 26.8 Å². The van der Waals surface area contributed by atoms with Gasteiger partial charge >= 0.3 is 8.25 Å². The highest BCUT2D eigenvalue weighted by molar-refractivity contribution is 7.32. The summed E-state index contributed by atoms with van der Waals surface area (Å²) in [5.74, 6) is -0.802. The number of hydrogen-bond donors (Lipinski definition) is 4. The summed E-state index contributed by atoms with van der Waals surface area (Å²) in [5, 5.41) is 15.7. The molecule has 1 saturated heterocycles. The maximum absolute atomic E-state index is 12.9. The highest BCUT2D eigenvalue weighted by atomic mass is 31.1. The minimum absolute atomic E-state index is 0.000793. The van der Waals surface area contributed by atoms with Gasteiger partial charge in [0.1, 0.15) is 6.10 Å². The third-order valence-corrected chi connectivity index (χ3v) is 8.22. The lowest BCUT2D eigenvalue weighted by Crippen LogP contribution is -2.26. The average molecular weight is 645 g/mol. The van der Waals surface area contributed by atoms with Gasteiger partial charge in [-0.2, -0.15) is 0 Å². The Kier molecular flexibility index (Phi) is 13.4. The van der Waals surface area contributed by atoms with Crippen molar-refractivity contribution < 1.29 is 47.7 Å². The van der Waals surface area contributed by atoms with Gasteiger partial charge in [0, 0.05) is 60.4 Å². The zero-order chi connectivity index (χ0) is 32.2. The molecular formula is C32H41N2O10P. The SMILES string of the molecule is O=C(CCCCCNC(=O)c1ccc2c(c1)C(=O)c1ccccc1C2=O)NCCCCCCOC1CC(O)C(CO[PH](=O)O)O1. The second kappa shape index (κ2) is 17.4. The molecule has 2 amide bonds. The summed E-state index contributed by atoms with van der Waals surface area (Å²) < 4.78 is 26.4. The van der Waals surface area contributed by atoms with Crippen molar-refractivity contribution in [1.29, 1.82) is 0 Å². The molecule has 2 aromatic carbocycles. The van der Waals surface area contributed by atoms with E-state index in [1.807, 2.05) is 0 Å². The number of unbranched alkanes of at least 4 members (excludes halogenated alkanes) is 5. The fraction of sp³-hybridized carbons (Fsp3) is 0.500. The Morgan fingerprint density at radius 1 is 0.867 bits per heavy atom. The van der Waals surface area contributed by atoms with Crippen molar-refractivity contribution in [3.05, 3.63) is 70.3 Å². The number of aliphatic hydroxyl groups is 1. The van der Waals surface area contributed by atoms with Crippen LogP contribution in [0.2, 0.25) is 0 Å². The van der Waals surface area contributed by atoms with E-state index in [2.05, 4.69) is 15.2 Å². The Bertz CT molecular complexity index is 1380. The van der Waals surface area contributed by atoms with E-state index in [1.165, 1.54) is 12.1 Å². The number of hydrogen-bond acceptors (Lipinski definition) is 9. The van der Waals surface area contributed by atoms with E-state index in [4.69, 9.17) is 14.4 Å². The van der Waals surface area contributed by atoms with Crippen LogP contribution in [0, 0.1) is 0 Å². The molecule has 1 fully saturated rings. The number of rotatable bonds is 18. The molecule has 4 unspecified atom stereocenters. The van der Waals surface area contributed by atoms with Crippen LogP contribution in [-0.4, -0.2) is 78.2 Å². The summed E-state index contributed by atoms with van der Waals surface area (Å²) in [7, 11) is -3.06. The Morgan fingerprint density at radius 2 is 1.51 bits per heavy atom. The third kappa shape index (κ3) is 10.1. The Morgan fingerprint density at radius 3 is 2.24 bits per heavy atom. The van der Waals surface area contributed by atoms with Gasteiger partial charge in [-0.1, -0.05) is 43.5 Å². The number of carbonyl (C=O) groups excluding carboxylic acids is 4. The molecule has 4 rings (SSSR count). The number of nitrogens with one attached hydrogen (secondary N) is 2. The summed E-state index contributed by atoms with van der Waals surface area (Å²) in [4.78, 5) is 59.1. The molecule has 0 aromatic heterocycles. The van der Waals surface area contributed by atoms with Crippen LogP contribution >= 0.6 is 8.25 Å². The van der Waals surface area contributed by atoms with Crippen molar-refractivity contribution >= 4 is 31.6 Å². The van der Waals surface area contributed by atoms with Crippen LogP contribution in [0.4, 0.5) is 0 Å². The van der Waals surface area contributed by atoms with Crippen molar-refractivity contribution in [1.82, 2.24) is 10.6 Å². The number of ether oxygens (including phenoxy) is 2. The van der Waals surface area contributed by atoms with E-state index in [0.717, 1.165) is 32.1 Å². The van der Waals surface area contributed by atoms with E-state index >= 15 is 0 Å². The molecule has 13 heteroatoms.